The van der Waals surface area contributed by atoms with E-state index in [1.807, 2.05) is 13.0 Å². The lowest BCUT2D eigenvalue weighted by molar-refractivity contribution is 0.409. The third-order valence-electron chi connectivity index (χ3n) is 2.32. The minimum Gasteiger partial charge on any atom is -0.497 e. The summed E-state index contributed by atoms with van der Waals surface area (Å²) in [4.78, 5) is 4.10. The Kier molecular flexibility index (Phi) is 3.14. The van der Waals surface area contributed by atoms with Gasteiger partial charge < -0.3 is 15.2 Å². The summed E-state index contributed by atoms with van der Waals surface area (Å²) < 4.78 is 10.8. The molecule has 1 aromatic heterocycles. The first-order valence-corrected chi connectivity index (χ1v) is 5.23. The van der Waals surface area contributed by atoms with Crippen LogP contribution in [-0.2, 0) is 0 Å². The third kappa shape index (κ3) is 2.66. The molecule has 4 nitrogen and oxygen atoms in total. The molecule has 0 fully saturated rings. The summed E-state index contributed by atoms with van der Waals surface area (Å²) in [5.41, 5.74) is 7.30. The van der Waals surface area contributed by atoms with Gasteiger partial charge in [-0.05, 0) is 25.1 Å². The van der Waals surface area contributed by atoms with Gasteiger partial charge in [0.25, 0.3) is 0 Å². The second-order valence-corrected chi connectivity index (χ2v) is 3.64. The molecule has 0 aliphatic rings. The van der Waals surface area contributed by atoms with Gasteiger partial charge in [0, 0.05) is 24.0 Å². The molecule has 0 atom stereocenters. The molecule has 0 saturated heterocycles. The van der Waals surface area contributed by atoms with Gasteiger partial charge >= 0.3 is 0 Å². The first-order valence-electron chi connectivity index (χ1n) is 5.23. The van der Waals surface area contributed by atoms with Crippen molar-refractivity contribution in [1.82, 2.24) is 4.98 Å². The number of hydrogen-bond donors (Lipinski definition) is 1. The fourth-order valence-corrected chi connectivity index (χ4v) is 1.44. The van der Waals surface area contributed by atoms with E-state index >= 15 is 0 Å². The summed E-state index contributed by atoms with van der Waals surface area (Å²) in [5.74, 6) is 1.99. The molecule has 4 heteroatoms. The largest absolute Gasteiger partial charge is 0.497 e. The van der Waals surface area contributed by atoms with Gasteiger partial charge in [-0.25, -0.2) is 0 Å². The summed E-state index contributed by atoms with van der Waals surface area (Å²) in [5, 5.41) is 0. The van der Waals surface area contributed by atoms with Crippen LogP contribution in [0.3, 0.4) is 0 Å². The summed E-state index contributed by atoms with van der Waals surface area (Å²) in [7, 11) is 1.60. The van der Waals surface area contributed by atoms with Gasteiger partial charge in [-0.1, -0.05) is 0 Å². The van der Waals surface area contributed by atoms with Gasteiger partial charge in [-0.15, -0.1) is 0 Å². The van der Waals surface area contributed by atoms with Crippen LogP contribution in [0, 0.1) is 6.92 Å². The Morgan fingerprint density at radius 2 is 1.94 bits per heavy atom. The van der Waals surface area contributed by atoms with Crippen LogP contribution in [0.15, 0.2) is 36.5 Å². The monoisotopic (exact) mass is 230 g/mol. The summed E-state index contributed by atoms with van der Waals surface area (Å²) >= 11 is 0. The molecule has 0 aliphatic heterocycles. The van der Waals surface area contributed by atoms with E-state index in [1.165, 1.54) is 0 Å². The number of nitrogens with zero attached hydrogens (tertiary/aromatic N) is 1. The van der Waals surface area contributed by atoms with E-state index in [2.05, 4.69) is 4.98 Å². The number of anilines is 1. The topological polar surface area (TPSA) is 57.4 Å². The van der Waals surface area contributed by atoms with Crippen LogP contribution in [0.4, 0.5) is 5.69 Å². The molecule has 0 amide bonds. The van der Waals surface area contributed by atoms with E-state index in [0.29, 0.717) is 22.9 Å². The second-order valence-electron chi connectivity index (χ2n) is 3.64. The summed E-state index contributed by atoms with van der Waals surface area (Å²) in [6.45, 7) is 1.90. The van der Waals surface area contributed by atoms with E-state index in [9.17, 15) is 0 Å². The molecule has 0 aliphatic carbocycles. The van der Waals surface area contributed by atoms with Crippen LogP contribution >= 0.6 is 0 Å². The van der Waals surface area contributed by atoms with Crippen molar-refractivity contribution in [3.8, 4) is 17.2 Å². The van der Waals surface area contributed by atoms with Gasteiger partial charge in [-0.2, -0.15) is 0 Å². The number of aromatic nitrogens is 1. The summed E-state index contributed by atoms with van der Waals surface area (Å²) in [6, 6.07) is 8.93. The standard InChI is InChI=1S/C13H14N2O2/c1-9-7-11(5-6-15-9)17-13-8-10(16-2)3-4-12(13)14/h3-8H,14H2,1-2H3. The number of pyridine rings is 1. The quantitative estimate of drug-likeness (QED) is 0.824. The number of benzene rings is 1. The lowest BCUT2D eigenvalue weighted by Crippen LogP contribution is -1.94. The van der Waals surface area contributed by atoms with E-state index in [0.717, 1.165) is 5.69 Å². The van der Waals surface area contributed by atoms with E-state index in [1.54, 1.807) is 37.6 Å². The molecule has 17 heavy (non-hydrogen) atoms. The number of hydrogen-bond acceptors (Lipinski definition) is 4. The Bertz CT molecular complexity index is 527. The van der Waals surface area contributed by atoms with Crippen molar-refractivity contribution in [2.75, 3.05) is 12.8 Å². The SMILES string of the molecule is COc1ccc(N)c(Oc2ccnc(C)c2)c1. The number of nitrogen functional groups attached to an aromatic ring is 1. The Morgan fingerprint density at radius 3 is 2.65 bits per heavy atom. The van der Waals surface area contributed by atoms with Crippen molar-refractivity contribution < 1.29 is 9.47 Å². The lowest BCUT2D eigenvalue weighted by atomic mass is 10.3. The molecular formula is C13H14N2O2. The number of ether oxygens (including phenoxy) is 2. The average Bonchev–Trinajstić information content (AvgIpc) is 2.32. The molecule has 0 bridgehead atoms. The van der Waals surface area contributed by atoms with Crippen molar-refractivity contribution in [2.45, 2.75) is 6.92 Å². The molecule has 0 saturated carbocycles. The second kappa shape index (κ2) is 4.74. The highest BCUT2D eigenvalue weighted by molar-refractivity contribution is 5.56. The zero-order valence-corrected chi connectivity index (χ0v) is 9.81. The molecule has 2 rings (SSSR count). The third-order valence-corrected chi connectivity index (χ3v) is 2.32. The fraction of sp³-hybridized carbons (Fsp3) is 0.154. The first kappa shape index (κ1) is 11.3. The Labute approximate surface area is 100 Å². The molecule has 2 N–H and O–H groups in total. The molecule has 0 radical (unpaired) electrons. The van der Waals surface area contributed by atoms with Crippen molar-refractivity contribution in [2.24, 2.45) is 0 Å². The minimum atomic E-state index is 0.570. The van der Waals surface area contributed by atoms with Crippen LogP contribution in [0.2, 0.25) is 0 Å². The minimum absolute atomic E-state index is 0.570. The van der Waals surface area contributed by atoms with Crippen molar-refractivity contribution in [1.29, 1.82) is 0 Å². The Hall–Kier alpha value is -2.23. The maximum absolute atomic E-state index is 5.83. The maximum atomic E-state index is 5.83. The van der Waals surface area contributed by atoms with Gasteiger partial charge in [0.1, 0.15) is 11.5 Å². The molecule has 1 heterocycles. The highest BCUT2D eigenvalue weighted by Gasteiger charge is 2.04. The van der Waals surface area contributed by atoms with Crippen LogP contribution in [0.5, 0.6) is 17.2 Å². The van der Waals surface area contributed by atoms with Gasteiger partial charge in [0.05, 0.1) is 12.8 Å². The number of methoxy groups -OCH3 is 1. The van der Waals surface area contributed by atoms with Crippen LogP contribution in [0.1, 0.15) is 5.69 Å². The smallest absolute Gasteiger partial charge is 0.153 e. The van der Waals surface area contributed by atoms with E-state index < -0.39 is 0 Å². The zero-order valence-electron chi connectivity index (χ0n) is 9.81. The predicted octanol–water partition coefficient (Wildman–Crippen LogP) is 2.77. The van der Waals surface area contributed by atoms with E-state index in [-0.39, 0.29) is 0 Å². The van der Waals surface area contributed by atoms with Crippen molar-refractivity contribution in [3.05, 3.63) is 42.2 Å². The number of aryl methyl sites for hydroxylation is 1. The molecule has 88 valence electrons. The number of nitrogens with two attached hydrogens (primary N) is 1. The van der Waals surface area contributed by atoms with Crippen LogP contribution < -0.4 is 15.2 Å². The number of rotatable bonds is 3. The van der Waals surface area contributed by atoms with Gasteiger partial charge in [0.15, 0.2) is 5.75 Å². The molecule has 0 unspecified atom stereocenters. The first-order chi connectivity index (χ1) is 8.19. The van der Waals surface area contributed by atoms with Crippen LogP contribution in [-0.4, -0.2) is 12.1 Å². The van der Waals surface area contributed by atoms with Crippen LogP contribution in [0.25, 0.3) is 0 Å². The summed E-state index contributed by atoms with van der Waals surface area (Å²) in [6.07, 6.45) is 1.70. The average molecular weight is 230 g/mol. The normalized spacial score (nSPS) is 10.0. The Morgan fingerprint density at radius 1 is 1.12 bits per heavy atom. The van der Waals surface area contributed by atoms with Crippen molar-refractivity contribution >= 4 is 5.69 Å². The Balaban J connectivity index is 2.29. The molecular weight excluding hydrogens is 216 g/mol. The highest BCUT2D eigenvalue weighted by atomic mass is 16.5. The maximum Gasteiger partial charge on any atom is 0.153 e. The van der Waals surface area contributed by atoms with Crippen molar-refractivity contribution in [3.63, 3.8) is 0 Å². The molecule has 2 aromatic rings. The lowest BCUT2D eigenvalue weighted by Gasteiger charge is -2.10. The fourth-order valence-electron chi connectivity index (χ4n) is 1.44. The molecule has 1 aromatic carbocycles. The van der Waals surface area contributed by atoms with E-state index in [4.69, 9.17) is 15.2 Å². The van der Waals surface area contributed by atoms with Gasteiger partial charge in [-0.3, -0.25) is 4.98 Å². The van der Waals surface area contributed by atoms with Gasteiger partial charge in [0.2, 0.25) is 0 Å². The highest BCUT2D eigenvalue weighted by Crippen LogP contribution is 2.31. The molecule has 0 spiro atoms. The predicted molar refractivity (Wildman–Crippen MR) is 66.5 cm³/mol. The zero-order chi connectivity index (χ0) is 12.3.